The maximum atomic E-state index is 12.4. The molecule has 2 aliphatic rings. The summed E-state index contributed by atoms with van der Waals surface area (Å²) in [6.45, 7) is 0.412. The summed E-state index contributed by atoms with van der Waals surface area (Å²) in [5.74, 6) is -1.51. The highest BCUT2D eigenvalue weighted by Gasteiger charge is 2.46. The Kier molecular flexibility index (Phi) is 5.69. The molecule has 1 aromatic carbocycles. The molecule has 3 amide bonds. The second kappa shape index (κ2) is 8.16. The molecular weight excluding hydrogens is 348 g/mol. The molecule has 0 radical (unpaired) electrons. The van der Waals surface area contributed by atoms with Gasteiger partial charge in [-0.25, -0.2) is 4.79 Å². The fourth-order valence-corrected chi connectivity index (χ4v) is 3.47. The highest BCUT2D eigenvalue weighted by atomic mass is 16.5. The Balaban J connectivity index is 1.47. The Bertz CT molecular complexity index is 758. The summed E-state index contributed by atoms with van der Waals surface area (Å²) in [6.07, 6.45) is 5.14. The molecule has 7 nitrogen and oxygen atoms in total. The van der Waals surface area contributed by atoms with Crippen LogP contribution in [-0.4, -0.2) is 42.2 Å². The summed E-state index contributed by atoms with van der Waals surface area (Å²) in [4.78, 5) is 49.4. The highest BCUT2D eigenvalue weighted by Crippen LogP contribution is 2.34. The average molecular weight is 370 g/mol. The topological polar surface area (TPSA) is 92.8 Å². The van der Waals surface area contributed by atoms with E-state index in [-0.39, 0.29) is 42.5 Å². The number of carbonyl (C=O) groups is 4. The first kappa shape index (κ1) is 18.8. The molecule has 1 heterocycles. The van der Waals surface area contributed by atoms with Gasteiger partial charge in [-0.1, -0.05) is 24.3 Å². The van der Waals surface area contributed by atoms with Crippen molar-refractivity contribution in [2.24, 2.45) is 11.8 Å². The van der Waals surface area contributed by atoms with Crippen LogP contribution in [0.15, 0.2) is 36.4 Å². The van der Waals surface area contributed by atoms with Gasteiger partial charge < -0.3 is 10.1 Å². The predicted octanol–water partition coefficient (Wildman–Crippen LogP) is 1.43. The van der Waals surface area contributed by atoms with E-state index in [1.165, 1.54) is 12.0 Å². The van der Waals surface area contributed by atoms with Gasteiger partial charge in [-0.05, 0) is 30.5 Å². The lowest BCUT2D eigenvalue weighted by atomic mass is 9.85. The average Bonchev–Trinajstić information content (AvgIpc) is 2.95. The van der Waals surface area contributed by atoms with E-state index in [1.54, 1.807) is 24.3 Å². The monoisotopic (exact) mass is 370 g/mol. The van der Waals surface area contributed by atoms with Crippen molar-refractivity contribution in [3.05, 3.63) is 47.5 Å². The Morgan fingerprint density at radius 3 is 2.22 bits per heavy atom. The number of imide groups is 1. The van der Waals surface area contributed by atoms with Crippen LogP contribution < -0.4 is 5.32 Å². The smallest absolute Gasteiger partial charge is 0.337 e. The molecule has 1 fully saturated rings. The van der Waals surface area contributed by atoms with E-state index < -0.39 is 5.97 Å². The van der Waals surface area contributed by atoms with Gasteiger partial charge in [-0.3, -0.25) is 19.3 Å². The van der Waals surface area contributed by atoms with Crippen LogP contribution in [0.4, 0.5) is 0 Å². The summed E-state index contributed by atoms with van der Waals surface area (Å²) in [6, 6.07) is 6.73. The number of carbonyl (C=O) groups excluding carboxylic acids is 4. The van der Waals surface area contributed by atoms with Crippen molar-refractivity contribution in [1.29, 1.82) is 0 Å². The predicted molar refractivity (Wildman–Crippen MR) is 96.3 cm³/mol. The van der Waals surface area contributed by atoms with E-state index in [0.717, 1.165) is 5.56 Å². The van der Waals surface area contributed by atoms with Gasteiger partial charge in [-0.15, -0.1) is 0 Å². The molecule has 1 aromatic rings. The first-order valence-corrected chi connectivity index (χ1v) is 8.95. The van der Waals surface area contributed by atoms with Crippen molar-refractivity contribution >= 4 is 23.7 Å². The lowest BCUT2D eigenvalue weighted by Crippen LogP contribution is -2.35. The number of hydrogen-bond donors (Lipinski definition) is 1. The third-order valence-corrected chi connectivity index (χ3v) is 5.03. The molecule has 1 N–H and O–H groups in total. The third-order valence-electron chi connectivity index (χ3n) is 5.03. The van der Waals surface area contributed by atoms with E-state index in [2.05, 4.69) is 10.1 Å². The molecule has 1 saturated heterocycles. The number of nitrogens with zero attached hydrogens (tertiary/aromatic N) is 1. The molecule has 0 spiro atoms. The molecule has 0 aromatic heterocycles. The van der Waals surface area contributed by atoms with Crippen LogP contribution in [0.2, 0.25) is 0 Å². The van der Waals surface area contributed by atoms with Crippen LogP contribution in [0.1, 0.15) is 35.2 Å². The SMILES string of the molecule is COC(=O)c1ccc(CNC(=O)CCN2C(=O)[C@@H]3CC=CC[C@H]3C2=O)cc1. The van der Waals surface area contributed by atoms with Gasteiger partial charge in [0.15, 0.2) is 0 Å². The van der Waals surface area contributed by atoms with Crippen LogP contribution in [-0.2, 0) is 25.7 Å². The fourth-order valence-electron chi connectivity index (χ4n) is 3.47. The number of methoxy groups -OCH3 is 1. The summed E-state index contributed by atoms with van der Waals surface area (Å²) in [7, 11) is 1.32. The van der Waals surface area contributed by atoms with Gasteiger partial charge in [-0.2, -0.15) is 0 Å². The van der Waals surface area contributed by atoms with Crippen LogP contribution in [0.25, 0.3) is 0 Å². The maximum Gasteiger partial charge on any atom is 0.337 e. The quantitative estimate of drug-likeness (QED) is 0.465. The molecule has 0 saturated carbocycles. The zero-order valence-electron chi connectivity index (χ0n) is 15.1. The minimum atomic E-state index is -0.415. The molecule has 0 unspecified atom stereocenters. The summed E-state index contributed by atoms with van der Waals surface area (Å²) < 4.78 is 4.64. The Hall–Kier alpha value is -2.96. The first-order chi connectivity index (χ1) is 13.0. The van der Waals surface area contributed by atoms with Gasteiger partial charge >= 0.3 is 5.97 Å². The molecule has 3 rings (SSSR count). The maximum absolute atomic E-state index is 12.4. The van der Waals surface area contributed by atoms with Gasteiger partial charge in [0, 0.05) is 19.5 Å². The minimum absolute atomic E-state index is 0.0740. The molecule has 0 bridgehead atoms. The number of esters is 1. The number of nitrogens with one attached hydrogen (secondary N) is 1. The number of likely N-dealkylation sites (tertiary alicyclic amines) is 1. The zero-order valence-corrected chi connectivity index (χ0v) is 15.1. The Labute approximate surface area is 157 Å². The normalized spacial score (nSPS) is 21.1. The highest BCUT2D eigenvalue weighted by molar-refractivity contribution is 6.05. The number of fused-ring (bicyclic) bond motifs is 1. The van der Waals surface area contributed by atoms with Gasteiger partial charge in [0.2, 0.25) is 17.7 Å². The van der Waals surface area contributed by atoms with Crippen molar-refractivity contribution in [2.45, 2.75) is 25.8 Å². The van der Waals surface area contributed by atoms with Crippen LogP contribution in [0, 0.1) is 11.8 Å². The lowest BCUT2D eigenvalue weighted by Gasteiger charge is -2.14. The van der Waals surface area contributed by atoms with Crippen LogP contribution >= 0.6 is 0 Å². The number of hydrogen-bond acceptors (Lipinski definition) is 5. The molecule has 27 heavy (non-hydrogen) atoms. The number of benzene rings is 1. The van der Waals surface area contributed by atoms with Crippen molar-refractivity contribution in [2.75, 3.05) is 13.7 Å². The van der Waals surface area contributed by atoms with E-state index in [4.69, 9.17) is 0 Å². The molecule has 7 heteroatoms. The summed E-state index contributed by atoms with van der Waals surface area (Å²) >= 11 is 0. The largest absolute Gasteiger partial charge is 0.465 e. The third kappa shape index (κ3) is 4.07. The summed E-state index contributed by atoms with van der Waals surface area (Å²) in [5, 5.41) is 2.76. The van der Waals surface area contributed by atoms with Crippen molar-refractivity contribution in [1.82, 2.24) is 10.2 Å². The molecule has 1 aliphatic heterocycles. The van der Waals surface area contributed by atoms with E-state index in [9.17, 15) is 19.2 Å². The second-order valence-electron chi connectivity index (χ2n) is 6.70. The lowest BCUT2D eigenvalue weighted by molar-refractivity contribution is -0.140. The van der Waals surface area contributed by atoms with E-state index >= 15 is 0 Å². The number of allylic oxidation sites excluding steroid dienone is 2. The van der Waals surface area contributed by atoms with E-state index in [1.807, 2.05) is 12.2 Å². The first-order valence-electron chi connectivity index (χ1n) is 8.95. The van der Waals surface area contributed by atoms with Crippen LogP contribution in [0.3, 0.4) is 0 Å². The number of amides is 3. The fraction of sp³-hybridized carbons (Fsp3) is 0.400. The molecule has 142 valence electrons. The molecular formula is C20H22N2O5. The van der Waals surface area contributed by atoms with Gasteiger partial charge in [0.05, 0.1) is 24.5 Å². The van der Waals surface area contributed by atoms with Crippen LogP contribution in [0.5, 0.6) is 0 Å². The Morgan fingerprint density at radius 1 is 1.07 bits per heavy atom. The van der Waals surface area contributed by atoms with E-state index in [0.29, 0.717) is 24.9 Å². The van der Waals surface area contributed by atoms with Crippen molar-refractivity contribution in [3.8, 4) is 0 Å². The van der Waals surface area contributed by atoms with Gasteiger partial charge in [0.1, 0.15) is 0 Å². The van der Waals surface area contributed by atoms with Crippen molar-refractivity contribution < 1.29 is 23.9 Å². The Morgan fingerprint density at radius 2 is 1.67 bits per heavy atom. The second-order valence-corrected chi connectivity index (χ2v) is 6.70. The zero-order chi connectivity index (χ0) is 19.4. The molecule has 1 aliphatic carbocycles. The van der Waals surface area contributed by atoms with Gasteiger partial charge in [0.25, 0.3) is 0 Å². The summed E-state index contributed by atoms with van der Waals surface area (Å²) in [5.41, 5.74) is 1.27. The number of ether oxygens (including phenoxy) is 1. The molecule has 2 atom stereocenters. The van der Waals surface area contributed by atoms with Crippen molar-refractivity contribution in [3.63, 3.8) is 0 Å². The minimum Gasteiger partial charge on any atom is -0.465 e. The number of rotatable bonds is 6. The standard InChI is InChI=1S/C20H22N2O5/c1-27-20(26)14-8-6-13(7-9-14)12-21-17(23)10-11-22-18(24)15-4-2-3-5-16(15)19(22)25/h2-3,6-9,15-16H,4-5,10-12H2,1H3,(H,21,23)/t15-,16-/m1/s1.